The lowest BCUT2D eigenvalue weighted by Gasteiger charge is -2.26. The first kappa shape index (κ1) is 23.8. The van der Waals surface area contributed by atoms with Gasteiger partial charge in [0.15, 0.2) is 5.96 Å². The molecule has 4 rings (SSSR count). The van der Waals surface area contributed by atoms with Crippen molar-refractivity contribution in [3.8, 4) is 0 Å². The molecule has 0 radical (unpaired) electrons. The van der Waals surface area contributed by atoms with Crippen molar-refractivity contribution in [2.75, 3.05) is 18.4 Å². The van der Waals surface area contributed by atoms with E-state index in [1.807, 2.05) is 60.4 Å². The standard InChI is InChI=1S/C24H28N6O.HI/c1-2-25-24(27-15-20-12-23(31)29-22-11-7-6-10-21(20)22)26-13-19-14-28-30(17-19)16-18-8-4-3-5-9-18;/h3-11,14,17,20H,2,12-13,15-16H2,1H3,(H,29,31)(H2,25,26,27);1H. The highest BCUT2D eigenvalue weighted by molar-refractivity contribution is 14.0. The Bertz CT molecular complexity index is 1050. The van der Waals surface area contributed by atoms with Crippen LogP contribution in [-0.4, -0.2) is 34.7 Å². The first-order valence-electron chi connectivity index (χ1n) is 10.7. The van der Waals surface area contributed by atoms with Gasteiger partial charge in [0, 0.05) is 42.9 Å². The van der Waals surface area contributed by atoms with Gasteiger partial charge in [-0.15, -0.1) is 24.0 Å². The highest BCUT2D eigenvalue weighted by Crippen LogP contribution is 2.31. The summed E-state index contributed by atoms with van der Waals surface area (Å²) in [6.07, 6.45) is 4.36. The molecule has 1 amide bonds. The molecule has 1 aromatic heterocycles. The predicted molar refractivity (Wildman–Crippen MR) is 138 cm³/mol. The molecule has 3 N–H and O–H groups in total. The molecule has 0 fully saturated rings. The second-order valence-electron chi connectivity index (χ2n) is 7.64. The molecular weight excluding hydrogens is 515 g/mol. The number of fused-ring (bicyclic) bond motifs is 1. The molecule has 0 spiro atoms. The summed E-state index contributed by atoms with van der Waals surface area (Å²) in [7, 11) is 0. The van der Waals surface area contributed by atoms with E-state index in [4.69, 9.17) is 4.99 Å². The van der Waals surface area contributed by atoms with Gasteiger partial charge < -0.3 is 16.0 Å². The number of hydrogen-bond acceptors (Lipinski definition) is 3. The molecule has 1 aliphatic rings. The minimum absolute atomic E-state index is 0. The lowest BCUT2D eigenvalue weighted by molar-refractivity contribution is -0.116. The largest absolute Gasteiger partial charge is 0.357 e. The second kappa shape index (κ2) is 11.7. The van der Waals surface area contributed by atoms with E-state index >= 15 is 0 Å². The highest BCUT2D eigenvalue weighted by atomic mass is 127. The number of para-hydroxylation sites is 1. The first-order chi connectivity index (χ1) is 15.2. The molecule has 7 nitrogen and oxygen atoms in total. The average molecular weight is 544 g/mol. The van der Waals surface area contributed by atoms with Gasteiger partial charge in [-0.2, -0.15) is 5.10 Å². The summed E-state index contributed by atoms with van der Waals surface area (Å²) in [5.41, 5.74) is 4.33. The third kappa shape index (κ3) is 6.32. The molecule has 1 atom stereocenters. The number of halogens is 1. The van der Waals surface area contributed by atoms with Gasteiger partial charge in [-0.05, 0) is 24.1 Å². The van der Waals surface area contributed by atoms with Crippen molar-refractivity contribution in [3.05, 3.63) is 83.7 Å². The van der Waals surface area contributed by atoms with E-state index in [2.05, 4.69) is 39.2 Å². The lowest BCUT2D eigenvalue weighted by Crippen LogP contribution is -2.40. The number of anilines is 1. The number of aromatic nitrogens is 2. The molecule has 0 aliphatic carbocycles. The molecule has 8 heteroatoms. The van der Waals surface area contributed by atoms with Crippen LogP contribution in [0.3, 0.4) is 0 Å². The van der Waals surface area contributed by atoms with Crippen LogP contribution in [0.5, 0.6) is 0 Å². The van der Waals surface area contributed by atoms with Gasteiger partial charge in [0.1, 0.15) is 0 Å². The third-order valence-electron chi connectivity index (χ3n) is 5.26. The van der Waals surface area contributed by atoms with Gasteiger partial charge in [-0.3, -0.25) is 9.48 Å². The number of carbonyl (C=O) groups excluding carboxylic acids is 1. The van der Waals surface area contributed by atoms with Crippen molar-refractivity contribution in [3.63, 3.8) is 0 Å². The Morgan fingerprint density at radius 1 is 1.12 bits per heavy atom. The molecule has 0 bridgehead atoms. The van der Waals surface area contributed by atoms with E-state index in [-0.39, 0.29) is 35.8 Å². The number of amides is 1. The smallest absolute Gasteiger partial charge is 0.225 e. The Morgan fingerprint density at radius 2 is 1.91 bits per heavy atom. The van der Waals surface area contributed by atoms with Crippen molar-refractivity contribution in [2.45, 2.75) is 32.4 Å². The fourth-order valence-corrected chi connectivity index (χ4v) is 3.76. The van der Waals surface area contributed by atoms with E-state index in [1.54, 1.807) is 0 Å². The van der Waals surface area contributed by atoms with E-state index in [0.717, 1.165) is 35.9 Å². The van der Waals surface area contributed by atoms with Gasteiger partial charge >= 0.3 is 0 Å². The molecule has 32 heavy (non-hydrogen) atoms. The molecule has 2 heterocycles. The van der Waals surface area contributed by atoms with Crippen molar-refractivity contribution in [2.24, 2.45) is 4.99 Å². The van der Waals surface area contributed by atoms with E-state index in [1.165, 1.54) is 5.56 Å². The Morgan fingerprint density at radius 3 is 2.72 bits per heavy atom. The predicted octanol–water partition coefficient (Wildman–Crippen LogP) is 3.73. The maximum absolute atomic E-state index is 12.1. The summed E-state index contributed by atoms with van der Waals surface area (Å²) >= 11 is 0. The van der Waals surface area contributed by atoms with Crippen LogP contribution in [0.2, 0.25) is 0 Å². The molecule has 0 saturated carbocycles. The zero-order valence-corrected chi connectivity index (χ0v) is 20.5. The summed E-state index contributed by atoms with van der Waals surface area (Å²) in [6.45, 7) is 4.72. The molecule has 0 saturated heterocycles. The Kier molecular flexibility index (Phi) is 8.66. The maximum Gasteiger partial charge on any atom is 0.225 e. The molecular formula is C24H29IN6O. The fourth-order valence-electron chi connectivity index (χ4n) is 3.76. The van der Waals surface area contributed by atoms with Gasteiger partial charge in [-0.1, -0.05) is 48.5 Å². The molecule has 2 aromatic carbocycles. The Labute approximate surface area is 205 Å². The minimum atomic E-state index is 0. The minimum Gasteiger partial charge on any atom is -0.357 e. The van der Waals surface area contributed by atoms with Crippen LogP contribution in [0.4, 0.5) is 5.69 Å². The average Bonchev–Trinajstić information content (AvgIpc) is 3.23. The molecule has 1 unspecified atom stereocenters. The quantitative estimate of drug-likeness (QED) is 0.241. The van der Waals surface area contributed by atoms with Crippen LogP contribution < -0.4 is 16.0 Å². The number of aliphatic imine (C=N–C) groups is 1. The van der Waals surface area contributed by atoms with E-state index < -0.39 is 0 Å². The normalized spacial score (nSPS) is 15.3. The summed E-state index contributed by atoms with van der Waals surface area (Å²) < 4.78 is 1.93. The van der Waals surface area contributed by atoms with Gasteiger partial charge in [0.2, 0.25) is 5.91 Å². The number of rotatable bonds is 7. The number of hydrogen-bond donors (Lipinski definition) is 3. The van der Waals surface area contributed by atoms with Gasteiger partial charge in [0.25, 0.3) is 0 Å². The number of carbonyl (C=O) groups is 1. The van der Waals surface area contributed by atoms with Crippen molar-refractivity contribution < 1.29 is 4.79 Å². The SMILES string of the molecule is CCNC(=NCc1cnn(Cc2ccccc2)c1)NCC1CC(=O)Nc2ccccc21.I. The Balaban J connectivity index is 0.00000289. The monoisotopic (exact) mass is 544 g/mol. The Hall–Kier alpha value is -2.88. The lowest BCUT2D eigenvalue weighted by atomic mass is 9.90. The topological polar surface area (TPSA) is 83.3 Å². The number of benzene rings is 2. The van der Waals surface area contributed by atoms with Crippen LogP contribution in [0, 0.1) is 0 Å². The fraction of sp³-hybridized carbons (Fsp3) is 0.292. The van der Waals surface area contributed by atoms with Crippen molar-refractivity contribution >= 4 is 41.5 Å². The van der Waals surface area contributed by atoms with Crippen LogP contribution in [-0.2, 0) is 17.9 Å². The second-order valence-corrected chi connectivity index (χ2v) is 7.64. The molecule has 1 aliphatic heterocycles. The summed E-state index contributed by atoms with van der Waals surface area (Å²) in [5.74, 6) is 0.905. The zero-order valence-electron chi connectivity index (χ0n) is 18.1. The number of nitrogens with zero attached hydrogens (tertiary/aromatic N) is 3. The van der Waals surface area contributed by atoms with Crippen LogP contribution in [0.15, 0.2) is 72.0 Å². The summed E-state index contributed by atoms with van der Waals surface area (Å²) in [4.78, 5) is 16.8. The third-order valence-corrected chi connectivity index (χ3v) is 5.26. The number of guanidine groups is 1. The maximum atomic E-state index is 12.1. The molecule has 168 valence electrons. The van der Waals surface area contributed by atoms with E-state index in [9.17, 15) is 4.79 Å². The van der Waals surface area contributed by atoms with Crippen LogP contribution in [0.1, 0.15) is 36.0 Å². The van der Waals surface area contributed by atoms with Gasteiger partial charge in [0.05, 0.1) is 19.3 Å². The summed E-state index contributed by atoms with van der Waals surface area (Å²) in [6, 6.07) is 18.2. The zero-order chi connectivity index (χ0) is 21.5. The van der Waals surface area contributed by atoms with Crippen LogP contribution >= 0.6 is 24.0 Å². The highest BCUT2D eigenvalue weighted by Gasteiger charge is 2.24. The van der Waals surface area contributed by atoms with Crippen molar-refractivity contribution in [1.82, 2.24) is 20.4 Å². The van der Waals surface area contributed by atoms with Gasteiger partial charge in [-0.25, -0.2) is 4.99 Å². The summed E-state index contributed by atoms with van der Waals surface area (Å²) in [5, 5.41) is 14.1. The van der Waals surface area contributed by atoms with Crippen molar-refractivity contribution in [1.29, 1.82) is 0 Å². The first-order valence-corrected chi connectivity index (χ1v) is 10.7. The van der Waals surface area contributed by atoms with E-state index in [0.29, 0.717) is 19.5 Å². The van der Waals surface area contributed by atoms with Crippen LogP contribution in [0.25, 0.3) is 0 Å². The molecule has 3 aromatic rings. The number of nitrogens with one attached hydrogen (secondary N) is 3.